The highest BCUT2D eigenvalue weighted by atomic mass is 16.5. The van der Waals surface area contributed by atoms with E-state index < -0.39 is 6.10 Å². The fraction of sp³-hybridized carbons (Fsp3) is 0.300. The van der Waals surface area contributed by atoms with Crippen LogP contribution in [0.1, 0.15) is 36.4 Å². The van der Waals surface area contributed by atoms with Crippen LogP contribution in [0.5, 0.6) is 5.75 Å². The first kappa shape index (κ1) is 15.7. The third kappa shape index (κ3) is 3.22. The summed E-state index contributed by atoms with van der Waals surface area (Å²) in [6, 6.07) is 15.5. The molecule has 4 rings (SSSR count). The molecule has 1 aliphatic heterocycles. The second-order valence-corrected chi connectivity index (χ2v) is 6.51. The van der Waals surface area contributed by atoms with E-state index in [2.05, 4.69) is 22.8 Å². The molecule has 2 aliphatic rings. The number of aryl methyl sites for hydroxylation is 1. The molecule has 2 amide bonds. The zero-order chi connectivity index (χ0) is 17.2. The van der Waals surface area contributed by atoms with Gasteiger partial charge in [-0.05, 0) is 42.5 Å². The summed E-state index contributed by atoms with van der Waals surface area (Å²) in [6.45, 7) is 0. The first-order chi connectivity index (χ1) is 12.2. The van der Waals surface area contributed by atoms with Gasteiger partial charge in [-0.3, -0.25) is 9.59 Å². The molecule has 2 aromatic rings. The van der Waals surface area contributed by atoms with Gasteiger partial charge in [0.05, 0.1) is 18.2 Å². The number of hydrogen-bond acceptors (Lipinski definition) is 3. The molecular formula is C20H20N2O3. The minimum Gasteiger partial charge on any atom is -0.478 e. The number of amides is 2. The predicted octanol–water partition coefficient (Wildman–Crippen LogP) is 2.97. The Balaban J connectivity index is 1.43. The number of nitrogens with one attached hydrogen (secondary N) is 2. The Morgan fingerprint density at radius 2 is 1.96 bits per heavy atom. The molecule has 0 radical (unpaired) electrons. The lowest BCUT2D eigenvalue weighted by atomic mass is 9.87. The smallest absolute Gasteiger partial charge is 0.266 e. The normalized spacial score (nSPS) is 21.4. The number of carbonyl (C=O) groups excluding carboxylic acids is 2. The molecule has 2 unspecified atom stereocenters. The lowest BCUT2D eigenvalue weighted by Crippen LogP contribution is -2.42. The number of hydrogen-bond donors (Lipinski definition) is 2. The van der Waals surface area contributed by atoms with Crippen LogP contribution in [0.25, 0.3) is 0 Å². The van der Waals surface area contributed by atoms with Crippen LogP contribution in [0.3, 0.4) is 0 Å². The number of ether oxygens (including phenoxy) is 1. The second-order valence-electron chi connectivity index (χ2n) is 6.51. The van der Waals surface area contributed by atoms with Crippen LogP contribution in [0.15, 0.2) is 48.5 Å². The van der Waals surface area contributed by atoms with Crippen molar-refractivity contribution < 1.29 is 14.3 Å². The number of carbonyl (C=O) groups is 2. The van der Waals surface area contributed by atoms with Crippen molar-refractivity contribution in [2.45, 2.75) is 37.8 Å². The van der Waals surface area contributed by atoms with Crippen molar-refractivity contribution in [1.29, 1.82) is 0 Å². The summed E-state index contributed by atoms with van der Waals surface area (Å²) in [5.41, 5.74) is 3.12. The van der Waals surface area contributed by atoms with Crippen molar-refractivity contribution in [2.75, 3.05) is 5.32 Å². The van der Waals surface area contributed by atoms with Gasteiger partial charge in [-0.15, -0.1) is 0 Å². The monoisotopic (exact) mass is 336 g/mol. The fourth-order valence-electron chi connectivity index (χ4n) is 3.55. The summed E-state index contributed by atoms with van der Waals surface area (Å²) >= 11 is 0. The number of para-hydroxylation sites is 2. The molecule has 25 heavy (non-hydrogen) atoms. The number of fused-ring (bicyclic) bond motifs is 2. The van der Waals surface area contributed by atoms with Crippen LogP contribution in [-0.2, 0) is 16.0 Å². The SMILES string of the molecule is O=C(CC1Oc2ccccc2NC1=O)NC1CCCc2ccccc21. The Bertz CT molecular complexity index is 818. The zero-order valence-electron chi connectivity index (χ0n) is 13.8. The van der Waals surface area contributed by atoms with Crippen molar-refractivity contribution in [1.82, 2.24) is 5.32 Å². The van der Waals surface area contributed by atoms with Crippen LogP contribution in [0, 0.1) is 0 Å². The van der Waals surface area contributed by atoms with Crippen molar-refractivity contribution in [3.63, 3.8) is 0 Å². The van der Waals surface area contributed by atoms with Gasteiger partial charge in [0, 0.05) is 0 Å². The average Bonchev–Trinajstić information content (AvgIpc) is 2.63. The quantitative estimate of drug-likeness (QED) is 0.905. The molecule has 128 valence electrons. The van der Waals surface area contributed by atoms with Gasteiger partial charge in [0.2, 0.25) is 5.91 Å². The molecule has 1 heterocycles. The van der Waals surface area contributed by atoms with Crippen LogP contribution in [-0.4, -0.2) is 17.9 Å². The highest BCUT2D eigenvalue weighted by molar-refractivity contribution is 5.99. The summed E-state index contributed by atoms with van der Waals surface area (Å²) in [6.07, 6.45) is 2.24. The van der Waals surface area contributed by atoms with Crippen molar-refractivity contribution in [3.05, 3.63) is 59.7 Å². The van der Waals surface area contributed by atoms with Crippen molar-refractivity contribution in [2.24, 2.45) is 0 Å². The molecule has 2 atom stereocenters. The molecule has 5 nitrogen and oxygen atoms in total. The molecule has 0 fully saturated rings. The summed E-state index contributed by atoms with van der Waals surface area (Å²) < 4.78 is 5.70. The highest BCUT2D eigenvalue weighted by Crippen LogP contribution is 2.31. The third-order valence-electron chi connectivity index (χ3n) is 4.78. The van der Waals surface area contributed by atoms with Gasteiger partial charge in [0.15, 0.2) is 6.10 Å². The lowest BCUT2D eigenvalue weighted by molar-refractivity contribution is -0.131. The molecule has 0 saturated heterocycles. The van der Waals surface area contributed by atoms with Gasteiger partial charge >= 0.3 is 0 Å². The van der Waals surface area contributed by atoms with Crippen LogP contribution in [0.4, 0.5) is 5.69 Å². The van der Waals surface area contributed by atoms with E-state index in [4.69, 9.17) is 4.74 Å². The van der Waals surface area contributed by atoms with Gasteiger partial charge in [-0.2, -0.15) is 0 Å². The summed E-state index contributed by atoms with van der Waals surface area (Å²) in [4.78, 5) is 24.6. The summed E-state index contributed by atoms with van der Waals surface area (Å²) in [5.74, 6) is 0.155. The Kier molecular flexibility index (Phi) is 4.14. The van der Waals surface area contributed by atoms with Gasteiger partial charge in [-0.1, -0.05) is 36.4 Å². The highest BCUT2D eigenvalue weighted by Gasteiger charge is 2.30. The molecule has 2 aromatic carbocycles. The molecule has 0 saturated carbocycles. The standard InChI is InChI=1S/C20H20N2O3/c23-19(21-15-10-5-7-13-6-1-2-8-14(13)15)12-18-20(24)22-16-9-3-4-11-17(16)25-18/h1-4,6,8-9,11,15,18H,5,7,10,12H2,(H,21,23)(H,22,24). The van der Waals surface area contributed by atoms with E-state index in [1.54, 1.807) is 12.1 Å². The first-order valence-corrected chi connectivity index (χ1v) is 8.64. The summed E-state index contributed by atoms with van der Waals surface area (Å²) in [5, 5.41) is 5.86. The zero-order valence-corrected chi connectivity index (χ0v) is 13.8. The average molecular weight is 336 g/mol. The minimum absolute atomic E-state index is 0.0105. The largest absolute Gasteiger partial charge is 0.478 e. The maximum atomic E-state index is 12.5. The van der Waals surface area contributed by atoms with E-state index in [9.17, 15) is 9.59 Å². The Hall–Kier alpha value is -2.82. The van der Waals surface area contributed by atoms with Gasteiger partial charge in [0.1, 0.15) is 5.75 Å². The Morgan fingerprint density at radius 3 is 2.88 bits per heavy atom. The summed E-state index contributed by atoms with van der Waals surface area (Å²) in [7, 11) is 0. The number of benzene rings is 2. The van der Waals surface area contributed by atoms with Gasteiger partial charge < -0.3 is 15.4 Å². The first-order valence-electron chi connectivity index (χ1n) is 8.64. The maximum absolute atomic E-state index is 12.5. The van der Waals surface area contributed by atoms with E-state index in [-0.39, 0.29) is 24.3 Å². The number of anilines is 1. The van der Waals surface area contributed by atoms with Crippen molar-refractivity contribution in [3.8, 4) is 5.75 Å². The van der Waals surface area contributed by atoms with Gasteiger partial charge in [-0.25, -0.2) is 0 Å². The predicted molar refractivity (Wildman–Crippen MR) is 94.4 cm³/mol. The van der Waals surface area contributed by atoms with E-state index in [1.165, 1.54) is 11.1 Å². The molecule has 0 spiro atoms. The fourth-order valence-corrected chi connectivity index (χ4v) is 3.55. The Morgan fingerprint density at radius 1 is 1.16 bits per heavy atom. The van der Waals surface area contributed by atoms with Gasteiger partial charge in [0.25, 0.3) is 5.91 Å². The molecule has 5 heteroatoms. The molecule has 2 N–H and O–H groups in total. The third-order valence-corrected chi connectivity index (χ3v) is 4.78. The van der Waals surface area contributed by atoms with Crippen LogP contribution >= 0.6 is 0 Å². The van der Waals surface area contributed by atoms with Crippen LogP contribution in [0.2, 0.25) is 0 Å². The molecule has 0 bridgehead atoms. The lowest BCUT2D eigenvalue weighted by Gasteiger charge is -2.28. The molecule has 0 aromatic heterocycles. The van der Waals surface area contributed by atoms with E-state index in [0.29, 0.717) is 11.4 Å². The van der Waals surface area contributed by atoms with Crippen molar-refractivity contribution >= 4 is 17.5 Å². The maximum Gasteiger partial charge on any atom is 0.266 e. The molecule has 1 aliphatic carbocycles. The second kappa shape index (κ2) is 6.59. The number of rotatable bonds is 3. The van der Waals surface area contributed by atoms with Crippen LogP contribution < -0.4 is 15.4 Å². The topological polar surface area (TPSA) is 67.4 Å². The van der Waals surface area contributed by atoms with E-state index in [1.807, 2.05) is 24.3 Å². The Labute approximate surface area is 146 Å². The minimum atomic E-state index is -0.797. The van der Waals surface area contributed by atoms with E-state index in [0.717, 1.165) is 19.3 Å². The molecular weight excluding hydrogens is 316 g/mol. The van der Waals surface area contributed by atoms with E-state index >= 15 is 0 Å².